The van der Waals surface area contributed by atoms with Gasteiger partial charge in [-0.3, -0.25) is 0 Å². The van der Waals surface area contributed by atoms with Gasteiger partial charge in [0.05, 0.1) is 91.0 Å². The molecule has 0 aromatic heterocycles. The first kappa shape index (κ1) is 163. The van der Waals surface area contributed by atoms with E-state index < -0.39 is 90.9 Å². The number of ether oxygens (including phenoxy) is 3. The summed E-state index contributed by atoms with van der Waals surface area (Å²) in [6.45, 7) is 1.68. The first-order valence-corrected chi connectivity index (χ1v) is 43.5. The molecule has 0 fully saturated rings. The van der Waals surface area contributed by atoms with E-state index in [1.807, 2.05) is 0 Å². The predicted octanol–water partition coefficient (Wildman–Crippen LogP) is 21.7. The molecule has 0 amide bonds. The van der Waals surface area contributed by atoms with Crippen LogP contribution in [0.1, 0.15) is 5.56 Å². The smallest absolute Gasteiger partial charge is 0.141 e. The van der Waals surface area contributed by atoms with E-state index in [1.54, 1.807) is 61.5 Å². The van der Waals surface area contributed by atoms with Gasteiger partial charge in [-0.15, -0.1) is 0 Å². The van der Waals surface area contributed by atoms with E-state index in [0.29, 0.717) is 11.3 Å². The molecule has 27 nitrogen and oxygen atoms in total. The van der Waals surface area contributed by atoms with Gasteiger partial charge in [-0.25, -0.2) is 71.7 Å². The number of rotatable bonds is 19. The number of hydrogen-bond acceptors (Lipinski definition) is 19. The molecule has 676 valence electrons. The molecular weight excluding hydrogens is 2620 g/mol. The third kappa shape index (κ3) is 53.3. The molecule has 0 unspecified atom stereocenters. The van der Waals surface area contributed by atoms with E-state index in [4.69, 9.17) is 119 Å². The summed E-state index contributed by atoms with van der Waals surface area (Å²) < 4.78 is 235. The van der Waals surface area contributed by atoms with Crippen LogP contribution in [0.25, 0.3) is 37.8 Å². The van der Waals surface area contributed by atoms with Crippen molar-refractivity contribution < 1.29 is 348 Å². The molecule has 0 saturated carbocycles. The molecule has 0 aliphatic rings. The normalized spacial score (nSPS) is 9.99. The minimum absolute atomic E-state index is 0. The maximum absolute atomic E-state index is 13.0. The van der Waals surface area contributed by atoms with Crippen molar-refractivity contribution in [1.29, 1.82) is 0 Å². The molecule has 0 heterocycles. The largest absolute Gasteiger partial charge is 0.547 e. The standard InChI is InChI=1S/C9H12NO4S.C8H9ClNO3S.C8H9ClNO2S.C7H7BrNO2S.C7H5Cl3NO2S.C7H6Cl2NO2S.C7H6ClFNO2S.C7H7ClNO2S.8CH3.8Y/c1-10-15(11,12)9-6-7(13-2)4-5-8(9)14-3;1-10-14(11,12)8-6(9)4-3-5-7(8)13-2;1-6-4-3-5-7(9)8(6)13(11,12)10-2;1-9-12(10,11)7-4-2-3-6(8)5-7;1-11-14(12,13)7-3-5(9)4(8)2-6(7)10;2*1-10-13(11,12)7-5(8)3-2-4-6(7)9;1-9-12(10,11)7-5-3-2-4-6(7)8;;;;;;;;;;;;;;;;/h4-6H,1-3H3;3-5H,1-2H3;3-5H,1-2H3;2-5H,1H3;2-3H,1H3;2*2-4H,1H3;2-5H,1H3;8*1H3;;;;;;;;/q16*-1;;;;;;;;. The number of hydrogen-bond donors (Lipinski definition) is 0. The summed E-state index contributed by atoms with van der Waals surface area (Å²) in [5, 5.41) is 0.848. The fourth-order valence-electron chi connectivity index (χ4n) is 7.04. The second kappa shape index (κ2) is 78.2. The molecule has 0 saturated heterocycles. The molecule has 0 spiro atoms. The summed E-state index contributed by atoms with van der Waals surface area (Å²) in [5.74, 6) is 0.000579. The molecule has 0 bridgehead atoms. The number of nitrogens with zero attached hydrogens (tertiary/aromatic N) is 8. The van der Waals surface area contributed by atoms with Crippen molar-refractivity contribution in [2.24, 2.45) is 0 Å². The molecule has 122 heavy (non-hydrogen) atoms. The minimum atomic E-state index is -3.94. The molecule has 8 radical (unpaired) electrons. The Balaban J connectivity index is -0.0000000739. The molecule has 8 aromatic rings. The Morgan fingerprint density at radius 3 is 0.984 bits per heavy atom. The third-order valence-electron chi connectivity index (χ3n) is 12.2. The van der Waals surface area contributed by atoms with Gasteiger partial charge < -0.3 is 111 Å². The van der Waals surface area contributed by atoms with Gasteiger partial charge in [0.2, 0.25) is 0 Å². The van der Waals surface area contributed by atoms with Gasteiger partial charge in [-0.2, -0.15) is 56.4 Å². The summed E-state index contributed by atoms with van der Waals surface area (Å²) in [7, 11) is -15.5. The number of sulfonamides is 8. The average molecular weight is 2700 g/mol. The predicted molar refractivity (Wildman–Crippen MR) is 472 cm³/mol. The molecule has 0 aliphatic carbocycles. The Labute approximate surface area is 981 Å². The van der Waals surface area contributed by atoms with Crippen molar-refractivity contribution in [1.82, 2.24) is 0 Å². The molecule has 0 aliphatic heterocycles. The van der Waals surface area contributed by atoms with E-state index in [0.717, 1.165) is 24.6 Å². The van der Waals surface area contributed by atoms with Crippen LogP contribution in [0.4, 0.5) is 4.39 Å². The van der Waals surface area contributed by atoms with Crippen LogP contribution in [-0.2, 0) is 342 Å². The molecule has 0 atom stereocenters. The van der Waals surface area contributed by atoms with Crippen LogP contribution in [0.3, 0.4) is 0 Å². The van der Waals surface area contributed by atoms with E-state index in [1.165, 1.54) is 155 Å². The first-order valence-electron chi connectivity index (χ1n) is 27.8. The zero-order valence-corrected chi connectivity index (χ0v) is 107. The second-order valence-electron chi connectivity index (χ2n) is 18.6. The van der Waals surface area contributed by atoms with Crippen molar-refractivity contribution in [2.75, 3.05) is 77.7 Å². The fourth-order valence-corrected chi connectivity index (χ4v) is 18.0. The summed E-state index contributed by atoms with van der Waals surface area (Å²) in [5.41, 5.74) is 0.609. The van der Waals surface area contributed by atoms with Gasteiger partial charge in [0.15, 0.2) is 0 Å². The zero-order chi connectivity index (χ0) is 81.7. The Hall–Kier alpha value is 4.29. The van der Waals surface area contributed by atoms with E-state index in [9.17, 15) is 71.7 Å². The van der Waals surface area contributed by atoms with Gasteiger partial charge in [0.25, 0.3) is 0 Å². The van der Waals surface area contributed by atoms with Gasteiger partial charge in [-0.1, -0.05) is 169 Å². The number of aryl methyl sites for hydroxylation is 1. The molecule has 8 rings (SSSR count). The van der Waals surface area contributed by atoms with Gasteiger partial charge >= 0.3 is 0 Å². The number of benzene rings is 8. The number of halogens is 11. The Kier molecular flexibility index (Phi) is 105. The third-order valence-corrected chi connectivity index (χ3v) is 27.7. The molecule has 54 heteroatoms. The van der Waals surface area contributed by atoms with Crippen molar-refractivity contribution in [3.05, 3.63) is 310 Å². The fraction of sp³-hybridized carbons (Fsp3) is 0.176. The Morgan fingerprint density at radius 2 is 0.598 bits per heavy atom. The summed E-state index contributed by atoms with van der Waals surface area (Å²) in [4.78, 5) is -0.581. The summed E-state index contributed by atoms with van der Waals surface area (Å²) in [6.07, 6.45) is 0. The molecule has 8 aromatic carbocycles. The maximum atomic E-state index is 13.0. The van der Waals surface area contributed by atoms with E-state index >= 15 is 0 Å². The monoisotopic (exact) mass is 2700 g/mol. The van der Waals surface area contributed by atoms with Crippen LogP contribution in [0, 0.1) is 72.2 Å². The summed E-state index contributed by atoms with van der Waals surface area (Å²) in [6, 6.07) is 37.2. The van der Waals surface area contributed by atoms with Gasteiger partial charge in [0.1, 0.15) is 113 Å². The SMILES string of the molecule is C[N-]S(=O)(=O)c1c(C)cccc1Cl.C[N-]S(=O)(=O)c1c(Cl)cccc1Cl.C[N-]S(=O)(=O)c1c(Cl)cccc1OC.C[N-]S(=O)(=O)c1c(F)cccc1Cl.C[N-]S(=O)(=O)c1cc(Cl)c(Cl)cc1Cl.C[N-]S(=O)(=O)c1cc(OC)ccc1OC.C[N-]S(=O)(=O)c1cccc(Br)c1.C[N-]S(=O)(=O)c1ccccc1Cl.[CH3-].[CH3-].[CH3-].[CH3-].[CH3-].[CH3-].[CH3-].[CH3-].[Y].[Y].[Y].[Y].[Y].[Y].[Y].[Y]. The number of methoxy groups -OCH3 is 3. The summed E-state index contributed by atoms with van der Waals surface area (Å²) >= 11 is 54.2. The minimum Gasteiger partial charge on any atom is -0.547 e. The van der Waals surface area contributed by atoms with Gasteiger partial charge in [-0.05, 0) is 110 Å². The van der Waals surface area contributed by atoms with Crippen LogP contribution >= 0.6 is 120 Å². The van der Waals surface area contributed by atoms with Crippen LogP contribution in [0.15, 0.2) is 195 Å². The van der Waals surface area contributed by atoms with Crippen molar-refractivity contribution in [3.63, 3.8) is 0 Å². The average Bonchev–Trinajstić information content (AvgIpc) is 0.524. The Morgan fingerprint density at radius 1 is 0.279 bits per heavy atom. The van der Waals surface area contributed by atoms with E-state index in [2.05, 4.69) is 53.7 Å². The Bertz CT molecular complexity index is 5090. The maximum Gasteiger partial charge on any atom is 0.141 e. The van der Waals surface area contributed by atoms with Crippen molar-refractivity contribution in [3.8, 4) is 17.2 Å². The van der Waals surface area contributed by atoms with Crippen LogP contribution in [-0.4, -0.2) is 145 Å². The second-order valence-corrected chi connectivity index (χ2v) is 37.1. The molecular formula is C68H85BrCl9FN8O19S8Y8-16. The quantitative estimate of drug-likeness (QED) is 0.0536. The topological polar surface area (TPSA) is 414 Å². The van der Waals surface area contributed by atoms with Crippen molar-refractivity contribution >= 4 is 201 Å². The van der Waals surface area contributed by atoms with E-state index in [-0.39, 0.29) is 412 Å². The van der Waals surface area contributed by atoms with Crippen molar-refractivity contribution in [2.45, 2.75) is 46.1 Å². The van der Waals surface area contributed by atoms with Crippen LogP contribution < -0.4 is 14.2 Å². The van der Waals surface area contributed by atoms with Crippen LogP contribution in [0.2, 0.25) is 45.2 Å². The zero-order valence-electron chi connectivity index (χ0n) is 69.3. The van der Waals surface area contributed by atoms with Crippen LogP contribution in [0.5, 0.6) is 17.2 Å². The first-order chi connectivity index (χ1) is 49.1. The van der Waals surface area contributed by atoms with Gasteiger partial charge in [0, 0.05) is 277 Å². The molecule has 0 N–H and O–H groups in total.